The summed E-state index contributed by atoms with van der Waals surface area (Å²) in [5, 5.41) is 11.2. The summed E-state index contributed by atoms with van der Waals surface area (Å²) in [5.41, 5.74) is 6.23. The second-order valence-corrected chi connectivity index (χ2v) is 6.36. The van der Waals surface area contributed by atoms with Crippen LogP contribution in [0.4, 0.5) is 9.80 Å². The van der Waals surface area contributed by atoms with Gasteiger partial charge in [-0.05, 0) is 12.0 Å². The number of rotatable bonds is 8. The molecule has 4 N–H and O–H groups in total. The fraction of sp³-hybridized carbons (Fsp3) is 0.467. The highest BCUT2D eigenvalue weighted by molar-refractivity contribution is 7.14. The third-order valence-corrected chi connectivity index (χ3v) is 3.66. The van der Waals surface area contributed by atoms with Crippen LogP contribution >= 0.6 is 11.3 Å². The van der Waals surface area contributed by atoms with Gasteiger partial charge in [-0.25, -0.2) is 9.59 Å². The lowest BCUT2D eigenvalue weighted by atomic mass is 10.2. The highest BCUT2D eigenvalue weighted by Crippen LogP contribution is 2.20. The van der Waals surface area contributed by atoms with Crippen molar-refractivity contribution < 1.29 is 24.0 Å². The zero-order valence-electron chi connectivity index (χ0n) is 14.3. The van der Waals surface area contributed by atoms with Gasteiger partial charge in [0.05, 0.1) is 25.0 Å². The van der Waals surface area contributed by atoms with Crippen LogP contribution in [0.2, 0.25) is 0 Å². The molecule has 1 aromatic heterocycles. The van der Waals surface area contributed by atoms with Crippen LogP contribution in [0.1, 0.15) is 32.3 Å². The summed E-state index contributed by atoms with van der Waals surface area (Å²) >= 11 is 1.26. The molecule has 0 aromatic carbocycles. The number of carbonyl (C=O) groups is 3. The van der Waals surface area contributed by atoms with E-state index in [1.165, 1.54) is 18.4 Å². The molecule has 0 unspecified atom stereocenters. The SMILES string of the molecule is COC(=O)CCC(=O)O/N=C(/N)c1csc(NC(=O)NCC(C)C)c1. The quantitative estimate of drug-likeness (QED) is 0.209. The van der Waals surface area contributed by atoms with E-state index >= 15 is 0 Å². The molecule has 1 rings (SSSR count). The maximum absolute atomic E-state index is 11.7. The fourth-order valence-electron chi connectivity index (χ4n) is 1.49. The van der Waals surface area contributed by atoms with Crippen molar-refractivity contribution in [2.45, 2.75) is 26.7 Å². The molecule has 9 nitrogen and oxygen atoms in total. The minimum atomic E-state index is -0.699. The van der Waals surface area contributed by atoms with E-state index in [4.69, 9.17) is 5.73 Å². The summed E-state index contributed by atoms with van der Waals surface area (Å²) in [4.78, 5) is 38.7. The van der Waals surface area contributed by atoms with Gasteiger partial charge in [-0.3, -0.25) is 10.1 Å². The van der Waals surface area contributed by atoms with E-state index in [0.29, 0.717) is 23.0 Å². The van der Waals surface area contributed by atoms with Crippen molar-refractivity contribution in [1.29, 1.82) is 0 Å². The van der Waals surface area contributed by atoms with Crippen LogP contribution in [-0.2, 0) is 19.2 Å². The zero-order chi connectivity index (χ0) is 18.8. The molecular weight excluding hydrogens is 348 g/mol. The number of amidine groups is 1. The smallest absolute Gasteiger partial charge is 0.335 e. The van der Waals surface area contributed by atoms with Crippen molar-refractivity contribution in [2.24, 2.45) is 16.8 Å². The Morgan fingerprint density at radius 3 is 2.60 bits per heavy atom. The first-order valence-corrected chi connectivity index (χ1v) is 8.43. The van der Waals surface area contributed by atoms with Crippen molar-refractivity contribution >= 4 is 40.1 Å². The van der Waals surface area contributed by atoms with Crippen molar-refractivity contribution in [3.63, 3.8) is 0 Å². The van der Waals surface area contributed by atoms with Crippen LogP contribution in [0.3, 0.4) is 0 Å². The van der Waals surface area contributed by atoms with E-state index in [-0.39, 0.29) is 24.7 Å². The molecule has 0 bridgehead atoms. The Balaban J connectivity index is 2.49. The van der Waals surface area contributed by atoms with Crippen LogP contribution in [0, 0.1) is 5.92 Å². The van der Waals surface area contributed by atoms with Gasteiger partial charge in [-0.2, -0.15) is 0 Å². The normalized spacial score (nSPS) is 11.1. The van der Waals surface area contributed by atoms with Crippen molar-refractivity contribution in [3.05, 3.63) is 17.0 Å². The predicted octanol–water partition coefficient (Wildman–Crippen LogP) is 1.64. The Morgan fingerprint density at radius 2 is 1.96 bits per heavy atom. The Hall–Kier alpha value is -2.62. The van der Waals surface area contributed by atoms with Gasteiger partial charge in [0.15, 0.2) is 5.84 Å². The van der Waals surface area contributed by atoms with E-state index in [1.807, 2.05) is 13.8 Å². The zero-order valence-corrected chi connectivity index (χ0v) is 15.1. The number of ether oxygens (including phenoxy) is 1. The van der Waals surface area contributed by atoms with Crippen molar-refractivity contribution in [3.8, 4) is 0 Å². The topological polar surface area (TPSA) is 132 Å². The molecular formula is C15H22N4O5S. The molecule has 2 amide bonds. The number of methoxy groups -OCH3 is 1. The number of nitrogens with zero attached hydrogens (tertiary/aromatic N) is 1. The molecule has 0 saturated heterocycles. The van der Waals surface area contributed by atoms with Crippen LogP contribution in [-0.4, -0.2) is 37.5 Å². The number of thiophene rings is 1. The van der Waals surface area contributed by atoms with E-state index < -0.39 is 11.9 Å². The molecule has 0 atom stereocenters. The number of urea groups is 1. The Kier molecular flexibility index (Phi) is 8.40. The first kappa shape index (κ1) is 20.4. The first-order chi connectivity index (χ1) is 11.8. The second-order valence-electron chi connectivity index (χ2n) is 5.44. The number of nitrogens with two attached hydrogens (primary N) is 1. The number of oxime groups is 1. The van der Waals surface area contributed by atoms with Crippen molar-refractivity contribution in [1.82, 2.24) is 5.32 Å². The maximum Gasteiger partial charge on any atom is 0.335 e. The third kappa shape index (κ3) is 8.15. The summed E-state index contributed by atoms with van der Waals surface area (Å²) in [5.74, 6) is -0.882. The molecule has 0 radical (unpaired) electrons. The second kappa shape index (κ2) is 10.3. The average molecular weight is 370 g/mol. The van der Waals surface area contributed by atoms with Crippen molar-refractivity contribution in [2.75, 3.05) is 19.0 Å². The lowest BCUT2D eigenvalue weighted by Gasteiger charge is -2.07. The number of anilines is 1. The Morgan fingerprint density at radius 1 is 1.28 bits per heavy atom. The molecule has 10 heteroatoms. The predicted molar refractivity (Wildman–Crippen MR) is 94.2 cm³/mol. The van der Waals surface area contributed by atoms with E-state index in [9.17, 15) is 14.4 Å². The first-order valence-electron chi connectivity index (χ1n) is 7.55. The minimum Gasteiger partial charge on any atom is -0.469 e. The standard InChI is InChI=1S/C15H22N4O5S/c1-9(2)7-17-15(22)18-11-6-10(8-25-11)14(16)19-24-13(21)5-4-12(20)23-3/h6,8-9H,4-5,7H2,1-3H3,(H2,16,19)(H2,17,18,22). The summed E-state index contributed by atoms with van der Waals surface area (Å²) in [6.07, 6.45) is -0.251. The van der Waals surface area contributed by atoms with Crippen LogP contribution in [0.25, 0.3) is 0 Å². The Labute approximate surface area is 149 Å². The summed E-state index contributed by atoms with van der Waals surface area (Å²) in [6.45, 7) is 4.55. The van der Waals surface area contributed by atoms with Crippen LogP contribution in [0.5, 0.6) is 0 Å². The number of amides is 2. The number of hydrogen-bond acceptors (Lipinski definition) is 7. The third-order valence-electron chi connectivity index (χ3n) is 2.81. The number of hydrogen-bond donors (Lipinski definition) is 3. The van der Waals surface area contributed by atoms with E-state index in [1.54, 1.807) is 11.4 Å². The molecule has 1 heterocycles. The molecule has 0 aliphatic carbocycles. The molecule has 0 saturated carbocycles. The highest BCUT2D eigenvalue weighted by atomic mass is 32.1. The monoisotopic (exact) mass is 370 g/mol. The molecule has 0 aliphatic heterocycles. The van der Waals surface area contributed by atoms with Gasteiger partial charge in [0.25, 0.3) is 0 Å². The van der Waals surface area contributed by atoms with E-state index in [2.05, 4.69) is 25.4 Å². The number of nitrogens with one attached hydrogen (secondary N) is 2. The molecule has 0 spiro atoms. The average Bonchev–Trinajstić information content (AvgIpc) is 3.04. The maximum atomic E-state index is 11.7. The molecule has 138 valence electrons. The van der Waals surface area contributed by atoms with Gasteiger partial charge in [0.2, 0.25) is 0 Å². The summed E-state index contributed by atoms with van der Waals surface area (Å²) in [7, 11) is 1.23. The van der Waals surface area contributed by atoms with Gasteiger partial charge in [0, 0.05) is 17.5 Å². The fourth-order valence-corrected chi connectivity index (χ4v) is 2.28. The molecule has 25 heavy (non-hydrogen) atoms. The van der Waals surface area contributed by atoms with Crippen LogP contribution in [0.15, 0.2) is 16.6 Å². The summed E-state index contributed by atoms with van der Waals surface area (Å²) < 4.78 is 4.41. The molecule has 0 fully saturated rings. The lowest BCUT2D eigenvalue weighted by molar-refractivity contribution is -0.148. The van der Waals surface area contributed by atoms with Gasteiger partial charge in [-0.15, -0.1) is 11.3 Å². The van der Waals surface area contributed by atoms with Gasteiger partial charge in [0.1, 0.15) is 0 Å². The largest absolute Gasteiger partial charge is 0.469 e. The van der Waals surface area contributed by atoms with Gasteiger partial charge < -0.3 is 20.6 Å². The number of carbonyl (C=O) groups excluding carboxylic acids is 3. The van der Waals surface area contributed by atoms with Gasteiger partial charge >= 0.3 is 18.0 Å². The number of esters is 1. The molecule has 0 aliphatic rings. The van der Waals surface area contributed by atoms with E-state index in [0.717, 1.165) is 0 Å². The van der Waals surface area contributed by atoms with Crippen LogP contribution < -0.4 is 16.4 Å². The minimum absolute atomic E-state index is 0.0155. The Bertz CT molecular complexity index is 642. The highest BCUT2D eigenvalue weighted by Gasteiger charge is 2.10. The lowest BCUT2D eigenvalue weighted by Crippen LogP contribution is -2.31. The van der Waals surface area contributed by atoms with Gasteiger partial charge in [-0.1, -0.05) is 19.0 Å². The molecule has 1 aromatic rings. The summed E-state index contributed by atoms with van der Waals surface area (Å²) in [6, 6.07) is 1.30.